The number of ether oxygens (including phenoxy) is 4. The zero-order valence-corrected chi connectivity index (χ0v) is 25.5. The fourth-order valence-electron chi connectivity index (χ4n) is 4.98. The first-order valence-electron chi connectivity index (χ1n) is 13.0. The van der Waals surface area contributed by atoms with E-state index >= 15 is 0 Å². The third-order valence-electron chi connectivity index (χ3n) is 6.96. The third-order valence-corrected chi connectivity index (χ3v) is 12.7. The van der Waals surface area contributed by atoms with Crippen molar-refractivity contribution in [3.63, 3.8) is 0 Å². The zero-order valence-electron chi connectivity index (χ0n) is 23.7. The van der Waals surface area contributed by atoms with Crippen LogP contribution in [0.25, 0.3) is 0 Å². The average molecular weight is 561 g/mol. The summed E-state index contributed by atoms with van der Waals surface area (Å²) >= 11 is 0. The minimum absolute atomic E-state index is 0.0801. The van der Waals surface area contributed by atoms with Crippen molar-refractivity contribution in [2.75, 3.05) is 34.6 Å². The molecule has 0 saturated heterocycles. The summed E-state index contributed by atoms with van der Waals surface area (Å²) in [6.07, 6.45) is 1.96. The Morgan fingerprint density at radius 1 is 0.487 bits per heavy atom. The fourth-order valence-corrected chi connectivity index (χ4v) is 11.2. The SMILES string of the molecule is COc1ccccc1P(CCC(C)(C)P(c1ccccc1OC)c1ccccc1OC)c1ccccc1OC. The molecule has 0 spiro atoms. The molecule has 0 aromatic heterocycles. The Kier molecular flexibility index (Phi) is 9.89. The lowest BCUT2D eigenvalue weighted by molar-refractivity contribution is 0.417. The number of benzene rings is 4. The van der Waals surface area contributed by atoms with Crippen LogP contribution < -0.4 is 40.2 Å². The second-order valence-electron chi connectivity index (χ2n) is 9.74. The summed E-state index contributed by atoms with van der Waals surface area (Å²) < 4.78 is 23.5. The van der Waals surface area contributed by atoms with Crippen molar-refractivity contribution >= 4 is 37.1 Å². The fraction of sp³-hybridized carbons (Fsp3) is 0.273. The van der Waals surface area contributed by atoms with Gasteiger partial charge < -0.3 is 18.9 Å². The largest absolute Gasteiger partial charge is 0.496 e. The third kappa shape index (κ3) is 6.40. The highest BCUT2D eigenvalue weighted by Gasteiger charge is 2.36. The first-order valence-corrected chi connectivity index (χ1v) is 15.9. The Labute approximate surface area is 235 Å². The van der Waals surface area contributed by atoms with Gasteiger partial charge in [0.15, 0.2) is 0 Å². The molecule has 4 aromatic carbocycles. The molecule has 0 aliphatic heterocycles. The summed E-state index contributed by atoms with van der Waals surface area (Å²) in [5, 5.41) is 4.83. The summed E-state index contributed by atoms with van der Waals surface area (Å²) in [7, 11) is 5.41. The van der Waals surface area contributed by atoms with E-state index in [0.717, 1.165) is 35.6 Å². The molecule has 0 N–H and O–H groups in total. The van der Waals surface area contributed by atoms with Crippen molar-refractivity contribution < 1.29 is 18.9 Å². The molecule has 0 fully saturated rings. The van der Waals surface area contributed by atoms with Crippen LogP contribution in [0, 0.1) is 0 Å². The van der Waals surface area contributed by atoms with Gasteiger partial charge in [-0.2, -0.15) is 0 Å². The van der Waals surface area contributed by atoms with Gasteiger partial charge in [0, 0.05) is 21.2 Å². The summed E-state index contributed by atoms with van der Waals surface area (Å²) in [4.78, 5) is 0. The number of hydrogen-bond acceptors (Lipinski definition) is 4. The highest BCUT2D eigenvalue weighted by molar-refractivity contribution is 7.75. The average Bonchev–Trinajstić information content (AvgIpc) is 2.98. The zero-order chi connectivity index (χ0) is 27.8. The van der Waals surface area contributed by atoms with E-state index in [1.165, 1.54) is 21.2 Å². The summed E-state index contributed by atoms with van der Waals surface area (Å²) in [6.45, 7) is 4.77. The molecule has 4 rings (SSSR count). The van der Waals surface area contributed by atoms with Crippen LogP contribution >= 0.6 is 15.8 Å². The topological polar surface area (TPSA) is 36.9 Å². The van der Waals surface area contributed by atoms with Crippen LogP contribution in [0.1, 0.15) is 20.3 Å². The van der Waals surface area contributed by atoms with Gasteiger partial charge in [-0.25, -0.2) is 0 Å². The lowest BCUT2D eigenvalue weighted by atomic mass is 10.1. The van der Waals surface area contributed by atoms with Gasteiger partial charge in [0.05, 0.1) is 28.4 Å². The number of para-hydroxylation sites is 4. The lowest BCUT2D eigenvalue weighted by Gasteiger charge is -2.38. The van der Waals surface area contributed by atoms with Crippen LogP contribution in [0.2, 0.25) is 0 Å². The van der Waals surface area contributed by atoms with Gasteiger partial charge >= 0.3 is 0 Å². The minimum atomic E-state index is -0.841. The first-order chi connectivity index (χ1) is 18.9. The van der Waals surface area contributed by atoms with E-state index in [-0.39, 0.29) is 5.16 Å². The van der Waals surface area contributed by atoms with Crippen molar-refractivity contribution in [2.45, 2.75) is 25.4 Å². The van der Waals surface area contributed by atoms with E-state index in [2.05, 4.69) is 86.6 Å². The van der Waals surface area contributed by atoms with Gasteiger partial charge in [0.1, 0.15) is 23.0 Å². The molecule has 0 saturated carbocycles. The molecule has 0 radical (unpaired) electrons. The van der Waals surface area contributed by atoms with Gasteiger partial charge in [-0.1, -0.05) is 86.6 Å². The molecule has 39 heavy (non-hydrogen) atoms. The highest BCUT2D eigenvalue weighted by Crippen LogP contribution is 2.55. The maximum Gasteiger partial charge on any atom is 0.126 e. The molecule has 0 aliphatic rings. The molecule has 0 aliphatic carbocycles. The van der Waals surface area contributed by atoms with Gasteiger partial charge in [-0.15, -0.1) is 0 Å². The van der Waals surface area contributed by atoms with Crippen molar-refractivity contribution in [2.24, 2.45) is 0 Å². The molecule has 0 bridgehead atoms. The number of rotatable bonds is 12. The summed E-state index contributed by atoms with van der Waals surface area (Å²) in [5.74, 6) is 3.67. The summed E-state index contributed by atoms with van der Waals surface area (Å²) in [5.41, 5.74) is 0. The van der Waals surface area contributed by atoms with Crippen LogP contribution in [0.4, 0.5) is 0 Å². The van der Waals surface area contributed by atoms with Gasteiger partial charge in [0.2, 0.25) is 0 Å². The molecule has 6 heteroatoms. The molecule has 4 aromatic rings. The number of methoxy groups -OCH3 is 4. The monoisotopic (exact) mass is 560 g/mol. The normalized spacial score (nSPS) is 11.5. The van der Waals surface area contributed by atoms with Crippen LogP contribution in [0.3, 0.4) is 0 Å². The van der Waals surface area contributed by atoms with Crippen LogP contribution in [-0.4, -0.2) is 39.8 Å². The molecule has 0 heterocycles. The molecule has 4 nitrogen and oxygen atoms in total. The van der Waals surface area contributed by atoms with Crippen molar-refractivity contribution in [3.05, 3.63) is 97.1 Å². The van der Waals surface area contributed by atoms with Crippen LogP contribution in [-0.2, 0) is 0 Å². The maximum atomic E-state index is 5.89. The second-order valence-corrected chi connectivity index (χ2v) is 14.8. The molecule has 0 atom stereocenters. The lowest BCUT2D eigenvalue weighted by Crippen LogP contribution is -2.32. The summed E-state index contributed by atoms with van der Waals surface area (Å²) in [6, 6.07) is 33.6. The second kappa shape index (κ2) is 13.3. The molecule has 0 unspecified atom stereocenters. The molecule has 0 amide bonds. The smallest absolute Gasteiger partial charge is 0.126 e. The predicted molar refractivity (Wildman–Crippen MR) is 168 cm³/mol. The quantitative estimate of drug-likeness (QED) is 0.187. The Bertz CT molecular complexity index is 1280. The molecule has 204 valence electrons. The minimum Gasteiger partial charge on any atom is -0.496 e. The highest BCUT2D eigenvalue weighted by atomic mass is 31.1. The first kappa shape index (κ1) is 28.9. The maximum absolute atomic E-state index is 5.89. The molecular formula is C33H38O4P2. The Balaban J connectivity index is 1.80. The van der Waals surface area contributed by atoms with E-state index in [1.54, 1.807) is 28.4 Å². The van der Waals surface area contributed by atoms with E-state index in [1.807, 2.05) is 24.3 Å². The van der Waals surface area contributed by atoms with E-state index < -0.39 is 15.8 Å². The standard InChI is InChI=1S/C33H38O4P2/c1-33(2,39(31-21-13-9-17-27(31)36-5)32-22-14-10-18-28(32)37-6)23-24-38(29-19-11-7-15-25(29)34-3)30-20-12-8-16-26(30)35-4/h7-22H,23-24H2,1-6H3. The van der Waals surface area contributed by atoms with Gasteiger partial charge in [-0.05, 0) is 57.8 Å². The van der Waals surface area contributed by atoms with Crippen LogP contribution in [0.15, 0.2) is 97.1 Å². The predicted octanol–water partition coefficient (Wildman–Crippen LogP) is 6.46. The van der Waals surface area contributed by atoms with E-state index in [0.29, 0.717) is 0 Å². The van der Waals surface area contributed by atoms with Crippen molar-refractivity contribution in [1.29, 1.82) is 0 Å². The van der Waals surface area contributed by atoms with Crippen molar-refractivity contribution in [3.8, 4) is 23.0 Å². The van der Waals surface area contributed by atoms with Gasteiger partial charge in [0.25, 0.3) is 0 Å². The Hall–Kier alpha value is -3.06. The van der Waals surface area contributed by atoms with E-state index in [4.69, 9.17) is 18.9 Å². The van der Waals surface area contributed by atoms with Crippen molar-refractivity contribution in [1.82, 2.24) is 0 Å². The number of hydrogen-bond donors (Lipinski definition) is 0. The molecular weight excluding hydrogens is 522 g/mol. The Morgan fingerprint density at radius 2 is 0.795 bits per heavy atom. The van der Waals surface area contributed by atoms with Crippen LogP contribution in [0.5, 0.6) is 23.0 Å². The van der Waals surface area contributed by atoms with E-state index in [9.17, 15) is 0 Å². The Morgan fingerprint density at radius 3 is 1.15 bits per heavy atom. The van der Waals surface area contributed by atoms with Gasteiger partial charge in [-0.3, -0.25) is 0 Å².